The number of nitrogens with zero attached hydrogens (tertiary/aromatic N) is 2. The molecule has 0 saturated heterocycles. The van der Waals surface area contributed by atoms with E-state index in [0.717, 1.165) is 16.3 Å². The molecule has 0 radical (unpaired) electrons. The summed E-state index contributed by atoms with van der Waals surface area (Å²) >= 11 is 5.82. The van der Waals surface area contributed by atoms with E-state index in [2.05, 4.69) is 5.10 Å². The lowest BCUT2D eigenvalue weighted by atomic mass is 10.2. The number of aromatic nitrogens is 2. The summed E-state index contributed by atoms with van der Waals surface area (Å²) in [6.45, 7) is 4.10. The zero-order valence-electron chi connectivity index (χ0n) is 9.77. The first kappa shape index (κ1) is 11.9. The van der Waals surface area contributed by atoms with Gasteiger partial charge in [0.05, 0.1) is 18.3 Å². The van der Waals surface area contributed by atoms with Gasteiger partial charge in [0, 0.05) is 10.7 Å². The number of ketones is 1. The Hall–Kier alpha value is -1.61. The fourth-order valence-corrected chi connectivity index (χ4v) is 1.84. The van der Waals surface area contributed by atoms with Gasteiger partial charge in [0.15, 0.2) is 5.78 Å². The predicted molar refractivity (Wildman–Crippen MR) is 67.5 cm³/mol. The fourth-order valence-electron chi connectivity index (χ4n) is 1.71. The molecule has 88 valence electrons. The second-order valence-electron chi connectivity index (χ2n) is 3.98. The summed E-state index contributed by atoms with van der Waals surface area (Å²) in [7, 11) is 0. The minimum absolute atomic E-state index is 0.0462. The van der Waals surface area contributed by atoms with Crippen molar-refractivity contribution in [3.63, 3.8) is 0 Å². The topological polar surface area (TPSA) is 34.9 Å². The van der Waals surface area contributed by atoms with Gasteiger partial charge < -0.3 is 0 Å². The molecule has 2 rings (SSSR count). The molecule has 1 heterocycles. The Kier molecular flexibility index (Phi) is 3.29. The molecule has 0 spiro atoms. The van der Waals surface area contributed by atoms with Gasteiger partial charge in [-0.1, -0.05) is 23.7 Å². The summed E-state index contributed by atoms with van der Waals surface area (Å²) in [5, 5.41) is 4.94. The largest absolute Gasteiger partial charge is 0.294 e. The Bertz CT molecular complexity index is 543. The smallest absolute Gasteiger partial charge is 0.163 e. The number of carbonyl (C=O) groups is 1. The van der Waals surface area contributed by atoms with Gasteiger partial charge in [0.1, 0.15) is 0 Å². The van der Waals surface area contributed by atoms with Crippen molar-refractivity contribution in [1.29, 1.82) is 0 Å². The van der Waals surface area contributed by atoms with Crippen molar-refractivity contribution in [1.82, 2.24) is 9.78 Å². The van der Waals surface area contributed by atoms with Crippen LogP contribution in [0.15, 0.2) is 30.5 Å². The van der Waals surface area contributed by atoms with Crippen LogP contribution in [-0.4, -0.2) is 15.6 Å². The van der Waals surface area contributed by atoms with Gasteiger partial charge in [-0.05, 0) is 31.5 Å². The van der Waals surface area contributed by atoms with E-state index in [1.165, 1.54) is 0 Å². The summed E-state index contributed by atoms with van der Waals surface area (Å²) in [4.78, 5) is 11.3. The molecular weight excluding hydrogens is 236 g/mol. The number of halogens is 1. The molecule has 1 aromatic carbocycles. The molecule has 17 heavy (non-hydrogen) atoms. The lowest BCUT2D eigenvalue weighted by Crippen LogP contribution is -2.05. The number of Topliss-reactive ketones (excluding diaryl/α,β-unsaturated/α-hetero) is 1. The van der Waals surface area contributed by atoms with E-state index in [1.54, 1.807) is 13.1 Å². The zero-order valence-corrected chi connectivity index (χ0v) is 10.5. The number of rotatable bonds is 3. The van der Waals surface area contributed by atoms with Crippen LogP contribution in [0.5, 0.6) is 0 Å². The number of carbonyl (C=O) groups excluding carboxylic acids is 1. The van der Waals surface area contributed by atoms with Crippen LogP contribution in [0, 0.1) is 6.92 Å². The van der Waals surface area contributed by atoms with Crippen LogP contribution < -0.4 is 0 Å². The second kappa shape index (κ2) is 4.72. The SMILES string of the molecule is CC(=O)c1cnn(Cc2ccc(Cl)cc2)c1C. The highest BCUT2D eigenvalue weighted by atomic mass is 35.5. The molecule has 0 atom stereocenters. The van der Waals surface area contributed by atoms with Crippen molar-refractivity contribution >= 4 is 17.4 Å². The first-order valence-corrected chi connectivity index (χ1v) is 5.73. The highest BCUT2D eigenvalue weighted by molar-refractivity contribution is 6.30. The van der Waals surface area contributed by atoms with Gasteiger partial charge in [-0.3, -0.25) is 9.48 Å². The quantitative estimate of drug-likeness (QED) is 0.783. The van der Waals surface area contributed by atoms with E-state index < -0.39 is 0 Å². The molecule has 0 bridgehead atoms. The van der Waals surface area contributed by atoms with Crippen molar-refractivity contribution in [3.8, 4) is 0 Å². The zero-order chi connectivity index (χ0) is 12.4. The van der Waals surface area contributed by atoms with Crippen LogP contribution in [-0.2, 0) is 6.54 Å². The fraction of sp³-hybridized carbons (Fsp3) is 0.231. The van der Waals surface area contributed by atoms with Crippen molar-refractivity contribution < 1.29 is 4.79 Å². The van der Waals surface area contributed by atoms with Gasteiger partial charge in [-0.15, -0.1) is 0 Å². The average molecular weight is 249 g/mol. The molecule has 3 nitrogen and oxygen atoms in total. The summed E-state index contributed by atoms with van der Waals surface area (Å²) in [5.74, 6) is 0.0462. The number of hydrogen-bond donors (Lipinski definition) is 0. The van der Waals surface area contributed by atoms with Crippen molar-refractivity contribution in [2.75, 3.05) is 0 Å². The molecular formula is C13H13ClN2O. The Morgan fingerprint density at radius 2 is 2.00 bits per heavy atom. The molecule has 2 aromatic rings. The van der Waals surface area contributed by atoms with E-state index in [-0.39, 0.29) is 5.78 Å². The highest BCUT2D eigenvalue weighted by Gasteiger charge is 2.10. The lowest BCUT2D eigenvalue weighted by molar-refractivity contribution is 0.101. The Balaban J connectivity index is 2.24. The normalized spacial score (nSPS) is 10.5. The maximum atomic E-state index is 11.3. The molecule has 0 aliphatic heterocycles. The molecule has 0 saturated carbocycles. The van der Waals surface area contributed by atoms with E-state index >= 15 is 0 Å². The summed E-state index contributed by atoms with van der Waals surface area (Å²) in [6.07, 6.45) is 1.62. The Morgan fingerprint density at radius 3 is 2.53 bits per heavy atom. The van der Waals surface area contributed by atoms with Crippen LogP contribution in [0.2, 0.25) is 5.02 Å². The van der Waals surface area contributed by atoms with Crippen LogP contribution >= 0.6 is 11.6 Å². The monoisotopic (exact) mass is 248 g/mol. The predicted octanol–water partition coefficient (Wildman–Crippen LogP) is 3.10. The summed E-state index contributed by atoms with van der Waals surface area (Å²) in [6, 6.07) is 7.61. The second-order valence-corrected chi connectivity index (χ2v) is 4.42. The molecule has 0 aliphatic carbocycles. The first-order chi connectivity index (χ1) is 8.08. The number of benzene rings is 1. The van der Waals surface area contributed by atoms with Gasteiger partial charge >= 0.3 is 0 Å². The van der Waals surface area contributed by atoms with Crippen LogP contribution in [0.1, 0.15) is 28.5 Å². The van der Waals surface area contributed by atoms with Crippen molar-refractivity contribution in [2.24, 2.45) is 0 Å². The first-order valence-electron chi connectivity index (χ1n) is 5.35. The Labute approximate surface area is 105 Å². The Morgan fingerprint density at radius 1 is 1.35 bits per heavy atom. The van der Waals surface area contributed by atoms with E-state index in [4.69, 9.17) is 11.6 Å². The van der Waals surface area contributed by atoms with Gasteiger partial charge in [0.25, 0.3) is 0 Å². The van der Waals surface area contributed by atoms with Crippen LogP contribution in [0.25, 0.3) is 0 Å². The average Bonchev–Trinajstić information content (AvgIpc) is 2.64. The molecule has 4 heteroatoms. The molecule has 0 aliphatic rings. The minimum atomic E-state index is 0.0462. The minimum Gasteiger partial charge on any atom is -0.294 e. The lowest BCUT2D eigenvalue weighted by Gasteiger charge is -2.05. The van der Waals surface area contributed by atoms with E-state index in [0.29, 0.717) is 12.1 Å². The molecule has 0 fully saturated rings. The van der Waals surface area contributed by atoms with Gasteiger partial charge in [-0.25, -0.2) is 0 Å². The maximum Gasteiger partial charge on any atom is 0.163 e. The van der Waals surface area contributed by atoms with Crippen molar-refractivity contribution in [3.05, 3.63) is 52.3 Å². The molecule has 0 N–H and O–H groups in total. The standard InChI is InChI=1S/C13H13ClN2O/c1-9-13(10(2)17)7-15-16(9)8-11-3-5-12(14)6-4-11/h3-7H,8H2,1-2H3. The molecule has 1 aromatic heterocycles. The van der Waals surface area contributed by atoms with Gasteiger partial charge in [-0.2, -0.15) is 5.10 Å². The van der Waals surface area contributed by atoms with Crippen LogP contribution in [0.3, 0.4) is 0 Å². The van der Waals surface area contributed by atoms with Crippen LogP contribution in [0.4, 0.5) is 0 Å². The molecule has 0 unspecified atom stereocenters. The molecule has 0 amide bonds. The third kappa shape index (κ3) is 2.56. The summed E-state index contributed by atoms with van der Waals surface area (Å²) in [5.41, 5.74) is 2.68. The number of hydrogen-bond acceptors (Lipinski definition) is 2. The summed E-state index contributed by atoms with van der Waals surface area (Å²) < 4.78 is 1.82. The third-order valence-electron chi connectivity index (χ3n) is 2.73. The third-order valence-corrected chi connectivity index (χ3v) is 2.98. The maximum absolute atomic E-state index is 11.3. The highest BCUT2D eigenvalue weighted by Crippen LogP contribution is 2.13. The van der Waals surface area contributed by atoms with Gasteiger partial charge in [0.2, 0.25) is 0 Å². The van der Waals surface area contributed by atoms with Crippen molar-refractivity contribution in [2.45, 2.75) is 20.4 Å². The van der Waals surface area contributed by atoms with E-state index in [1.807, 2.05) is 35.9 Å². The van der Waals surface area contributed by atoms with E-state index in [9.17, 15) is 4.79 Å².